The van der Waals surface area contributed by atoms with Crippen LogP contribution < -0.4 is 5.32 Å². The van der Waals surface area contributed by atoms with Gasteiger partial charge in [-0.3, -0.25) is 14.5 Å². The predicted octanol–water partition coefficient (Wildman–Crippen LogP) is -0.452. The SMILES string of the molecule is CCCN(CCO)C(=O)CN1C(=O)NC(C)(C)C1=O. The van der Waals surface area contributed by atoms with E-state index in [0.29, 0.717) is 6.54 Å². The van der Waals surface area contributed by atoms with Crippen molar-refractivity contribution in [1.29, 1.82) is 0 Å². The Kier molecular flexibility index (Phi) is 4.88. The van der Waals surface area contributed by atoms with Gasteiger partial charge in [-0.1, -0.05) is 6.92 Å². The number of nitrogens with zero attached hydrogens (tertiary/aromatic N) is 2. The quantitative estimate of drug-likeness (QED) is 0.640. The first-order chi connectivity index (χ1) is 8.83. The van der Waals surface area contributed by atoms with E-state index >= 15 is 0 Å². The molecule has 0 atom stereocenters. The summed E-state index contributed by atoms with van der Waals surface area (Å²) in [5.74, 6) is -0.747. The maximum atomic E-state index is 12.0. The van der Waals surface area contributed by atoms with E-state index in [0.717, 1.165) is 11.3 Å². The Morgan fingerprint density at radius 3 is 2.42 bits per heavy atom. The van der Waals surface area contributed by atoms with E-state index in [1.165, 1.54) is 4.90 Å². The molecule has 0 unspecified atom stereocenters. The zero-order valence-electron chi connectivity index (χ0n) is 11.6. The lowest BCUT2D eigenvalue weighted by Gasteiger charge is -2.23. The molecule has 0 aromatic heterocycles. The third kappa shape index (κ3) is 3.44. The van der Waals surface area contributed by atoms with Crippen molar-refractivity contribution in [3.05, 3.63) is 0 Å². The van der Waals surface area contributed by atoms with Crippen LogP contribution in [0.4, 0.5) is 4.79 Å². The molecule has 1 aliphatic heterocycles. The van der Waals surface area contributed by atoms with E-state index in [1.54, 1.807) is 13.8 Å². The highest BCUT2D eigenvalue weighted by molar-refractivity contribution is 6.08. The molecule has 0 aliphatic carbocycles. The van der Waals surface area contributed by atoms with Crippen molar-refractivity contribution in [3.8, 4) is 0 Å². The molecule has 1 saturated heterocycles. The molecule has 2 N–H and O–H groups in total. The first-order valence-corrected chi connectivity index (χ1v) is 6.36. The molecule has 0 spiro atoms. The lowest BCUT2D eigenvalue weighted by molar-refractivity contribution is -0.138. The Balaban J connectivity index is 2.70. The number of amides is 4. The Morgan fingerprint density at radius 2 is 2.00 bits per heavy atom. The number of carbonyl (C=O) groups excluding carboxylic acids is 3. The molecule has 0 radical (unpaired) electrons. The zero-order chi connectivity index (χ0) is 14.6. The van der Waals surface area contributed by atoms with Crippen molar-refractivity contribution < 1.29 is 19.5 Å². The van der Waals surface area contributed by atoms with Crippen molar-refractivity contribution in [2.45, 2.75) is 32.7 Å². The minimum Gasteiger partial charge on any atom is -0.395 e. The van der Waals surface area contributed by atoms with E-state index in [-0.39, 0.29) is 25.6 Å². The number of imide groups is 1. The number of urea groups is 1. The molecule has 1 heterocycles. The number of aliphatic hydroxyl groups is 1. The zero-order valence-corrected chi connectivity index (χ0v) is 11.6. The molecule has 108 valence electrons. The highest BCUT2D eigenvalue weighted by Gasteiger charge is 2.45. The summed E-state index contributed by atoms with van der Waals surface area (Å²) in [6.07, 6.45) is 0.747. The molecule has 0 aromatic rings. The van der Waals surface area contributed by atoms with E-state index in [4.69, 9.17) is 5.11 Å². The molecular formula is C12H21N3O4. The molecule has 1 fully saturated rings. The van der Waals surface area contributed by atoms with Gasteiger partial charge in [-0.05, 0) is 20.3 Å². The van der Waals surface area contributed by atoms with Gasteiger partial charge in [0, 0.05) is 13.1 Å². The third-order valence-corrected chi connectivity index (χ3v) is 2.95. The second-order valence-electron chi connectivity index (χ2n) is 5.05. The van der Waals surface area contributed by atoms with Crippen LogP contribution in [0.1, 0.15) is 27.2 Å². The first kappa shape index (κ1) is 15.4. The fourth-order valence-corrected chi connectivity index (χ4v) is 1.95. The van der Waals surface area contributed by atoms with E-state index in [2.05, 4.69) is 5.32 Å². The number of rotatable bonds is 6. The average molecular weight is 271 g/mol. The third-order valence-electron chi connectivity index (χ3n) is 2.95. The fourth-order valence-electron chi connectivity index (χ4n) is 1.95. The molecule has 7 heteroatoms. The first-order valence-electron chi connectivity index (χ1n) is 6.36. The summed E-state index contributed by atoms with van der Waals surface area (Å²) < 4.78 is 0. The van der Waals surface area contributed by atoms with Crippen LogP contribution >= 0.6 is 0 Å². The largest absolute Gasteiger partial charge is 0.395 e. The molecule has 4 amide bonds. The van der Waals surface area contributed by atoms with Crippen LogP contribution in [0.5, 0.6) is 0 Å². The summed E-state index contributed by atoms with van der Waals surface area (Å²) in [4.78, 5) is 38.0. The molecule has 0 bridgehead atoms. The summed E-state index contributed by atoms with van der Waals surface area (Å²) in [5, 5.41) is 11.4. The number of carbonyl (C=O) groups is 3. The number of nitrogens with one attached hydrogen (secondary N) is 1. The second-order valence-corrected chi connectivity index (χ2v) is 5.05. The van der Waals surface area contributed by atoms with Gasteiger partial charge in [0.2, 0.25) is 5.91 Å². The van der Waals surface area contributed by atoms with Crippen molar-refractivity contribution >= 4 is 17.8 Å². The monoisotopic (exact) mass is 271 g/mol. The minimum atomic E-state index is -0.968. The summed E-state index contributed by atoms with van der Waals surface area (Å²) in [6.45, 7) is 5.37. The maximum Gasteiger partial charge on any atom is 0.325 e. The van der Waals surface area contributed by atoms with Crippen LogP contribution in [0.15, 0.2) is 0 Å². The van der Waals surface area contributed by atoms with Crippen LogP contribution in [-0.2, 0) is 9.59 Å². The van der Waals surface area contributed by atoms with Gasteiger partial charge in [-0.15, -0.1) is 0 Å². The van der Waals surface area contributed by atoms with E-state index in [9.17, 15) is 14.4 Å². The van der Waals surface area contributed by atoms with Crippen molar-refractivity contribution in [3.63, 3.8) is 0 Å². The summed E-state index contributed by atoms with van der Waals surface area (Å²) in [7, 11) is 0. The highest BCUT2D eigenvalue weighted by Crippen LogP contribution is 2.16. The Labute approximate surface area is 112 Å². The Bertz CT molecular complexity index is 375. The highest BCUT2D eigenvalue weighted by atomic mass is 16.3. The van der Waals surface area contributed by atoms with Crippen LogP contribution in [0.25, 0.3) is 0 Å². The number of aliphatic hydroxyl groups excluding tert-OH is 1. The Hall–Kier alpha value is -1.63. The van der Waals surface area contributed by atoms with Gasteiger partial charge in [-0.2, -0.15) is 0 Å². The van der Waals surface area contributed by atoms with Gasteiger partial charge < -0.3 is 15.3 Å². The average Bonchev–Trinajstić information content (AvgIpc) is 2.51. The van der Waals surface area contributed by atoms with Gasteiger partial charge in [-0.25, -0.2) is 4.79 Å². The molecule has 1 aliphatic rings. The van der Waals surface area contributed by atoms with Crippen molar-refractivity contribution in [2.24, 2.45) is 0 Å². The molecule has 19 heavy (non-hydrogen) atoms. The molecule has 0 aromatic carbocycles. The van der Waals surface area contributed by atoms with Crippen LogP contribution in [0, 0.1) is 0 Å². The van der Waals surface area contributed by atoms with E-state index < -0.39 is 17.5 Å². The normalized spacial score (nSPS) is 17.6. The molecule has 0 saturated carbocycles. The predicted molar refractivity (Wildman–Crippen MR) is 68.3 cm³/mol. The Morgan fingerprint density at radius 1 is 1.37 bits per heavy atom. The number of hydrogen-bond donors (Lipinski definition) is 2. The number of hydrogen-bond acceptors (Lipinski definition) is 4. The van der Waals surface area contributed by atoms with Crippen LogP contribution in [0.3, 0.4) is 0 Å². The standard InChI is InChI=1S/C12H21N3O4/c1-4-5-14(6-7-16)9(17)8-15-10(18)12(2,3)13-11(15)19/h16H,4-8H2,1-3H3,(H,13,19). The van der Waals surface area contributed by atoms with Gasteiger partial charge in [0.25, 0.3) is 5.91 Å². The van der Waals surface area contributed by atoms with Gasteiger partial charge in [0.05, 0.1) is 6.61 Å². The van der Waals surface area contributed by atoms with E-state index in [1.807, 2.05) is 6.92 Å². The minimum absolute atomic E-state index is 0.141. The van der Waals surface area contributed by atoms with Crippen molar-refractivity contribution in [2.75, 3.05) is 26.2 Å². The summed E-state index contributed by atoms with van der Waals surface area (Å²) in [5.41, 5.74) is -0.968. The van der Waals surface area contributed by atoms with Gasteiger partial charge in [0.15, 0.2) is 0 Å². The van der Waals surface area contributed by atoms with Crippen LogP contribution in [-0.4, -0.2) is 64.5 Å². The fraction of sp³-hybridized carbons (Fsp3) is 0.750. The molecular weight excluding hydrogens is 250 g/mol. The van der Waals surface area contributed by atoms with Gasteiger partial charge >= 0.3 is 6.03 Å². The summed E-state index contributed by atoms with van der Waals surface area (Å²) in [6, 6.07) is -0.552. The smallest absolute Gasteiger partial charge is 0.325 e. The van der Waals surface area contributed by atoms with Gasteiger partial charge in [0.1, 0.15) is 12.1 Å². The summed E-state index contributed by atoms with van der Waals surface area (Å²) >= 11 is 0. The lowest BCUT2D eigenvalue weighted by Crippen LogP contribution is -2.45. The maximum absolute atomic E-state index is 12.0. The topological polar surface area (TPSA) is 89.9 Å². The van der Waals surface area contributed by atoms with Crippen molar-refractivity contribution in [1.82, 2.24) is 15.1 Å². The second kappa shape index (κ2) is 6.01. The lowest BCUT2D eigenvalue weighted by atomic mass is 10.1. The molecule has 7 nitrogen and oxygen atoms in total. The molecule has 1 rings (SSSR count). The van der Waals surface area contributed by atoms with Crippen LogP contribution in [0.2, 0.25) is 0 Å².